The van der Waals surface area contributed by atoms with Crippen LogP contribution in [0.15, 0.2) is 29.2 Å². The highest BCUT2D eigenvalue weighted by Gasteiger charge is 2.30. The fourth-order valence-corrected chi connectivity index (χ4v) is 1.55. The predicted molar refractivity (Wildman–Crippen MR) is 56.5 cm³/mol. The Bertz CT molecular complexity index is 688. The van der Waals surface area contributed by atoms with E-state index < -0.39 is 28.7 Å². The highest BCUT2D eigenvalue weighted by atomic mass is 19.4. The molecule has 4 nitrogen and oxygen atoms in total. The Kier molecular flexibility index (Phi) is 2.61. The van der Waals surface area contributed by atoms with Gasteiger partial charge in [-0.3, -0.25) is 4.79 Å². The number of aromatic amines is 1. The Labute approximate surface area is 97.7 Å². The van der Waals surface area contributed by atoms with Crippen molar-refractivity contribution in [2.24, 2.45) is 0 Å². The summed E-state index contributed by atoms with van der Waals surface area (Å²) < 4.78 is 37.4. The van der Waals surface area contributed by atoms with E-state index in [1.165, 1.54) is 0 Å². The molecule has 0 unspecified atom stereocenters. The molecule has 0 aliphatic rings. The number of H-pyrrole nitrogens is 1. The number of hydrogen-bond acceptors (Lipinski definition) is 2. The van der Waals surface area contributed by atoms with Crippen LogP contribution in [0.4, 0.5) is 13.2 Å². The summed E-state index contributed by atoms with van der Waals surface area (Å²) in [6.45, 7) is 0. The molecule has 0 fully saturated rings. The topological polar surface area (TPSA) is 70.2 Å². The normalized spacial score (nSPS) is 11.7. The quantitative estimate of drug-likeness (QED) is 0.823. The summed E-state index contributed by atoms with van der Waals surface area (Å²) in [5.74, 6) is -1.49. The Morgan fingerprint density at radius 2 is 1.94 bits per heavy atom. The number of aromatic carboxylic acids is 1. The minimum Gasteiger partial charge on any atom is -0.477 e. The molecule has 0 saturated heterocycles. The lowest BCUT2D eigenvalue weighted by molar-refractivity contribution is -0.137. The monoisotopic (exact) mass is 257 g/mol. The number of carboxylic acids is 1. The number of aromatic nitrogens is 1. The van der Waals surface area contributed by atoms with Crippen molar-refractivity contribution in [3.63, 3.8) is 0 Å². The summed E-state index contributed by atoms with van der Waals surface area (Å²) in [7, 11) is 0. The van der Waals surface area contributed by atoms with Gasteiger partial charge in [-0.05, 0) is 18.2 Å². The molecule has 2 aromatic rings. The Morgan fingerprint density at radius 1 is 1.28 bits per heavy atom. The third-order valence-corrected chi connectivity index (χ3v) is 2.44. The number of hydrogen-bond donors (Lipinski definition) is 2. The van der Waals surface area contributed by atoms with E-state index in [0.29, 0.717) is 6.07 Å². The number of carbonyl (C=O) groups is 1. The molecular formula is C11H6F3NO3. The van der Waals surface area contributed by atoms with Crippen LogP contribution in [-0.4, -0.2) is 16.1 Å². The van der Waals surface area contributed by atoms with Gasteiger partial charge in [-0.1, -0.05) is 0 Å². The van der Waals surface area contributed by atoms with E-state index in [1.54, 1.807) is 0 Å². The minimum atomic E-state index is -4.58. The first-order chi connectivity index (χ1) is 8.30. The number of pyridine rings is 1. The van der Waals surface area contributed by atoms with Crippen LogP contribution in [0.3, 0.4) is 0 Å². The molecule has 0 radical (unpaired) electrons. The number of halogens is 3. The second-order valence-corrected chi connectivity index (χ2v) is 3.59. The summed E-state index contributed by atoms with van der Waals surface area (Å²) in [5.41, 5.74) is -2.38. The molecule has 7 heteroatoms. The van der Waals surface area contributed by atoms with Crippen molar-refractivity contribution < 1.29 is 23.1 Å². The summed E-state index contributed by atoms with van der Waals surface area (Å²) in [4.78, 5) is 24.9. The molecule has 18 heavy (non-hydrogen) atoms. The summed E-state index contributed by atoms with van der Waals surface area (Å²) in [6.07, 6.45) is -3.62. The van der Waals surface area contributed by atoms with Crippen molar-refractivity contribution in [2.75, 3.05) is 0 Å². The standard InChI is InChI=1S/C11H6F3NO3/c12-11(13,14)5-1-2-8-6(3-5)9(16)7(4-15-8)10(17)18/h1-4H,(H,15,16)(H,17,18). The lowest BCUT2D eigenvalue weighted by Gasteiger charge is -2.07. The molecule has 0 bridgehead atoms. The Hall–Kier alpha value is -2.31. The van der Waals surface area contributed by atoms with Crippen molar-refractivity contribution in [1.29, 1.82) is 0 Å². The second kappa shape index (κ2) is 3.86. The van der Waals surface area contributed by atoms with Gasteiger partial charge in [-0.15, -0.1) is 0 Å². The molecule has 2 rings (SSSR count). The first kappa shape index (κ1) is 12.2. The summed E-state index contributed by atoms with van der Waals surface area (Å²) in [5, 5.41) is 8.41. The van der Waals surface area contributed by atoms with Crippen LogP contribution < -0.4 is 5.43 Å². The van der Waals surface area contributed by atoms with Crippen molar-refractivity contribution in [1.82, 2.24) is 4.98 Å². The molecule has 1 aromatic carbocycles. The predicted octanol–water partition coefficient (Wildman–Crippen LogP) is 2.25. The number of carboxylic acid groups (broad SMARTS) is 1. The first-order valence-corrected chi connectivity index (χ1v) is 4.76. The zero-order chi connectivity index (χ0) is 13.5. The zero-order valence-electron chi connectivity index (χ0n) is 8.71. The molecule has 0 aliphatic carbocycles. The van der Waals surface area contributed by atoms with Crippen LogP contribution in [-0.2, 0) is 6.18 Å². The number of rotatable bonds is 1. The van der Waals surface area contributed by atoms with Gasteiger partial charge in [0.1, 0.15) is 5.56 Å². The van der Waals surface area contributed by atoms with Gasteiger partial charge in [0, 0.05) is 17.1 Å². The van der Waals surface area contributed by atoms with Gasteiger partial charge < -0.3 is 10.1 Å². The van der Waals surface area contributed by atoms with Crippen LogP contribution in [0.5, 0.6) is 0 Å². The van der Waals surface area contributed by atoms with Gasteiger partial charge in [0.05, 0.1) is 5.56 Å². The van der Waals surface area contributed by atoms with Gasteiger partial charge in [0.25, 0.3) is 0 Å². The van der Waals surface area contributed by atoms with Gasteiger partial charge >= 0.3 is 12.1 Å². The molecule has 0 spiro atoms. The molecule has 0 atom stereocenters. The summed E-state index contributed by atoms with van der Waals surface area (Å²) in [6, 6.07) is 2.55. The van der Waals surface area contributed by atoms with E-state index in [9.17, 15) is 22.8 Å². The highest BCUT2D eigenvalue weighted by Crippen LogP contribution is 2.30. The van der Waals surface area contributed by atoms with Crippen molar-refractivity contribution >= 4 is 16.9 Å². The maximum Gasteiger partial charge on any atom is 0.416 e. The average molecular weight is 257 g/mol. The fraction of sp³-hybridized carbons (Fsp3) is 0.0909. The molecular weight excluding hydrogens is 251 g/mol. The van der Waals surface area contributed by atoms with Crippen molar-refractivity contribution in [3.8, 4) is 0 Å². The maximum atomic E-state index is 12.5. The van der Waals surface area contributed by atoms with Crippen LogP contribution in [0.2, 0.25) is 0 Å². The smallest absolute Gasteiger partial charge is 0.416 e. The molecule has 2 N–H and O–H groups in total. The first-order valence-electron chi connectivity index (χ1n) is 4.76. The zero-order valence-corrected chi connectivity index (χ0v) is 8.71. The van der Waals surface area contributed by atoms with E-state index in [-0.39, 0.29) is 10.9 Å². The van der Waals surface area contributed by atoms with E-state index in [0.717, 1.165) is 18.3 Å². The number of benzene rings is 1. The van der Waals surface area contributed by atoms with Gasteiger partial charge in [-0.25, -0.2) is 4.79 Å². The van der Waals surface area contributed by atoms with E-state index in [4.69, 9.17) is 5.11 Å². The Balaban J connectivity index is 2.79. The Morgan fingerprint density at radius 3 is 2.50 bits per heavy atom. The third kappa shape index (κ3) is 1.94. The minimum absolute atomic E-state index is 0.151. The van der Waals surface area contributed by atoms with Crippen LogP contribution in [0.25, 0.3) is 10.9 Å². The van der Waals surface area contributed by atoms with Crippen LogP contribution >= 0.6 is 0 Å². The maximum absolute atomic E-state index is 12.5. The molecule has 0 amide bonds. The van der Waals surface area contributed by atoms with E-state index in [2.05, 4.69) is 4.98 Å². The highest BCUT2D eigenvalue weighted by molar-refractivity contribution is 5.92. The van der Waals surface area contributed by atoms with Crippen molar-refractivity contribution in [3.05, 3.63) is 45.7 Å². The average Bonchev–Trinajstić information content (AvgIpc) is 2.27. The largest absolute Gasteiger partial charge is 0.477 e. The number of fused-ring (bicyclic) bond motifs is 1. The van der Waals surface area contributed by atoms with Crippen molar-refractivity contribution in [2.45, 2.75) is 6.18 Å². The fourth-order valence-electron chi connectivity index (χ4n) is 1.55. The lowest BCUT2D eigenvalue weighted by Crippen LogP contribution is -2.16. The molecule has 0 saturated carbocycles. The van der Waals surface area contributed by atoms with Gasteiger partial charge in [0.15, 0.2) is 0 Å². The number of alkyl halides is 3. The lowest BCUT2D eigenvalue weighted by atomic mass is 10.1. The third-order valence-electron chi connectivity index (χ3n) is 2.44. The molecule has 1 aromatic heterocycles. The second-order valence-electron chi connectivity index (χ2n) is 3.59. The molecule has 94 valence electrons. The SMILES string of the molecule is O=C(O)c1c[nH]c2ccc(C(F)(F)F)cc2c1=O. The van der Waals surface area contributed by atoms with Crippen LogP contribution in [0, 0.1) is 0 Å². The van der Waals surface area contributed by atoms with Gasteiger partial charge in [-0.2, -0.15) is 13.2 Å². The van der Waals surface area contributed by atoms with Gasteiger partial charge in [0.2, 0.25) is 5.43 Å². The summed E-state index contributed by atoms with van der Waals surface area (Å²) >= 11 is 0. The van der Waals surface area contributed by atoms with E-state index in [1.807, 2.05) is 0 Å². The molecule has 1 heterocycles. The molecule has 0 aliphatic heterocycles. The number of nitrogens with one attached hydrogen (secondary N) is 1. The van der Waals surface area contributed by atoms with Crippen LogP contribution in [0.1, 0.15) is 15.9 Å². The van der Waals surface area contributed by atoms with E-state index >= 15 is 0 Å².